The molecule has 0 unspecified atom stereocenters. The molecular weight excluding hydrogens is 697 g/mol. The van der Waals surface area contributed by atoms with Crippen molar-refractivity contribution in [1.82, 2.24) is 19.1 Å². The van der Waals surface area contributed by atoms with E-state index in [0.717, 1.165) is 72.2 Å². The molecular formula is C52H30N4O. The Bertz CT molecular complexity index is 3830. The Balaban J connectivity index is 1.21. The predicted octanol–water partition coefficient (Wildman–Crippen LogP) is 13.7. The van der Waals surface area contributed by atoms with Crippen molar-refractivity contribution >= 4 is 98.1 Å². The topological polar surface area (TPSA) is 48.8 Å². The Hall–Kier alpha value is -7.76. The van der Waals surface area contributed by atoms with Gasteiger partial charge in [-0.25, -0.2) is 9.97 Å². The normalized spacial score (nSPS) is 12.2. The molecule has 0 saturated heterocycles. The zero-order valence-electron chi connectivity index (χ0n) is 30.5. The fraction of sp³-hybridized carbons (Fsp3) is 0. The van der Waals surface area contributed by atoms with Crippen LogP contribution in [0, 0.1) is 0 Å². The first-order chi connectivity index (χ1) is 28.3. The van der Waals surface area contributed by atoms with E-state index in [2.05, 4.69) is 155 Å². The summed E-state index contributed by atoms with van der Waals surface area (Å²) in [7, 11) is 0. The van der Waals surface area contributed by atoms with Crippen LogP contribution in [-0.4, -0.2) is 19.1 Å². The second-order valence-corrected chi connectivity index (χ2v) is 14.9. The van der Waals surface area contributed by atoms with Crippen molar-refractivity contribution in [1.29, 1.82) is 0 Å². The number of benzene rings is 9. The fourth-order valence-corrected chi connectivity index (χ4v) is 9.44. The molecule has 0 aliphatic rings. The molecule has 0 aliphatic heterocycles. The van der Waals surface area contributed by atoms with Gasteiger partial charge in [0.15, 0.2) is 5.82 Å². The summed E-state index contributed by atoms with van der Waals surface area (Å²) in [6.07, 6.45) is 0. The summed E-state index contributed by atoms with van der Waals surface area (Å²) in [6.45, 7) is 0. The summed E-state index contributed by atoms with van der Waals surface area (Å²) in [6, 6.07) is 64.7. The van der Waals surface area contributed by atoms with Crippen molar-refractivity contribution < 1.29 is 4.42 Å². The highest BCUT2D eigenvalue weighted by molar-refractivity contribution is 6.23. The van der Waals surface area contributed by atoms with Crippen LogP contribution in [-0.2, 0) is 0 Å². The Kier molecular flexibility index (Phi) is 6.10. The zero-order valence-corrected chi connectivity index (χ0v) is 30.5. The minimum atomic E-state index is 0.770. The van der Waals surface area contributed by atoms with Crippen LogP contribution in [0.5, 0.6) is 0 Å². The number of hydrogen-bond acceptors (Lipinski definition) is 3. The van der Waals surface area contributed by atoms with Crippen LogP contribution in [0.15, 0.2) is 186 Å². The molecule has 4 heterocycles. The highest BCUT2D eigenvalue weighted by Crippen LogP contribution is 2.44. The Morgan fingerprint density at radius 2 is 1.05 bits per heavy atom. The van der Waals surface area contributed by atoms with Gasteiger partial charge in [0.2, 0.25) is 0 Å². The van der Waals surface area contributed by atoms with E-state index in [1.165, 1.54) is 48.7 Å². The molecule has 264 valence electrons. The maximum absolute atomic E-state index is 6.42. The molecule has 4 aromatic heterocycles. The average Bonchev–Trinajstić information content (AvgIpc) is 3.94. The lowest BCUT2D eigenvalue weighted by Gasteiger charge is -2.15. The van der Waals surface area contributed by atoms with Crippen LogP contribution in [0.2, 0.25) is 0 Å². The molecule has 0 amide bonds. The van der Waals surface area contributed by atoms with Crippen molar-refractivity contribution in [2.24, 2.45) is 0 Å². The number of aromatic nitrogens is 4. The van der Waals surface area contributed by atoms with E-state index in [4.69, 9.17) is 14.4 Å². The van der Waals surface area contributed by atoms with Crippen LogP contribution >= 0.6 is 0 Å². The zero-order chi connectivity index (χ0) is 37.2. The molecule has 13 rings (SSSR count). The third-order valence-electron chi connectivity index (χ3n) is 11.9. The van der Waals surface area contributed by atoms with Crippen molar-refractivity contribution in [2.45, 2.75) is 0 Å². The first-order valence-electron chi connectivity index (χ1n) is 19.3. The second kappa shape index (κ2) is 11.4. The van der Waals surface area contributed by atoms with Gasteiger partial charge in [-0.15, -0.1) is 0 Å². The number of furan rings is 1. The Morgan fingerprint density at radius 3 is 1.93 bits per heavy atom. The monoisotopic (exact) mass is 726 g/mol. The lowest BCUT2D eigenvalue weighted by molar-refractivity contribution is 0.669. The number of nitrogens with zero attached hydrogens (tertiary/aromatic N) is 4. The Labute approximate surface area is 325 Å². The maximum Gasteiger partial charge on any atom is 0.165 e. The van der Waals surface area contributed by atoms with Crippen molar-refractivity contribution in [3.63, 3.8) is 0 Å². The molecule has 57 heavy (non-hydrogen) atoms. The standard InChI is InChI=1S/C52H30N4O/c1-3-14-34-31(12-1)25-29-44-48(34)38-28-26-33(55-43-21-9-5-16-36(43)37-27-24-32-13-2-4-15-35(32)51(37)55)30-45(38)56(44)52-50(53-41-19-7-8-20-42(41)54-52)40-18-11-23-47-49(40)39-17-6-10-22-46(39)57-47/h1-30H. The van der Waals surface area contributed by atoms with Gasteiger partial charge in [0.25, 0.3) is 0 Å². The average molecular weight is 727 g/mol. The maximum atomic E-state index is 6.42. The summed E-state index contributed by atoms with van der Waals surface area (Å²) in [5.74, 6) is 0.770. The second-order valence-electron chi connectivity index (χ2n) is 14.9. The fourth-order valence-electron chi connectivity index (χ4n) is 9.44. The number of fused-ring (bicyclic) bond motifs is 14. The largest absolute Gasteiger partial charge is 0.456 e. The number of rotatable bonds is 3. The van der Waals surface area contributed by atoms with Crippen LogP contribution in [0.25, 0.3) is 121 Å². The third kappa shape index (κ3) is 4.23. The number of hydrogen-bond donors (Lipinski definition) is 0. The number of para-hydroxylation sites is 4. The third-order valence-corrected chi connectivity index (χ3v) is 11.9. The first-order valence-corrected chi connectivity index (χ1v) is 19.3. The van der Waals surface area contributed by atoms with Crippen LogP contribution < -0.4 is 0 Å². The lowest BCUT2D eigenvalue weighted by Crippen LogP contribution is -2.04. The van der Waals surface area contributed by atoms with Gasteiger partial charge < -0.3 is 8.98 Å². The molecule has 9 aromatic carbocycles. The van der Waals surface area contributed by atoms with E-state index in [1.54, 1.807) is 0 Å². The van der Waals surface area contributed by atoms with E-state index in [-0.39, 0.29) is 0 Å². The summed E-state index contributed by atoms with van der Waals surface area (Å²) < 4.78 is 11.2. The van der Waals surface area contributed by atoms with Gasteiger partial charge in [0.05, 0.1) is 33.1 Å². The lowest BCUT2D eigenvalue weighted by atomic mass is 10.0. The molecule has 0 aliphatic carbocycles. The highest BCUT2D eigenvalue weighted by Gasteiger charge is 2.24. The quantitative estimate of drug-likeness (QED) is 0.182. The van der Waals surface area contributed by atoms with Crippen LogP contribution in [0.4, 0.5) is 0 Å². The molecule has 0 radical (unpaired) electrons. The molecule has 0 atom stereocenters. The Morgan fingerprint density at radius 1 is 0.386 bits per heavy atom. The molecule has 0 saturated carbocycles. The minimum Gasteiger partial charge on any atom is -0.456 e. The molecule has 0 fully saturated rings. The van der Waals surface area contributed by atoms with Gasteiger partial charge >= 0.3 is 0 Å². The molecule has 5 heteroatoms. The van der Waals surface area contributed by atoms with Crippen molar-refractivity contribution in [3.05, 3.63) is 182 Å². The van der Waals surface area contributed by atoms with E-state index in [1.807, 2.05) is 36.4 Å². The first kappa shape index (κ1) is 30.6. The minimum absolute atomic E-state index is 0.770. The van der Waals surface area contributed by atoms with Gasteiger partial charge in [0, 0.05) is 49.0 Å². The summed E-state index contributed by atoms with van der Waals surface area (Å²) in [5, 5.41) is 11.7. The van der Waals surface area contributed by atoms with Gasteiger partial charge in [-0.05, 0) is 64.7 Å². The van der Waals surface area contributed by atoms with E-state index in [9.17, 15) is 0 Å². The molecule has 0 bridgehead atoms. The van der Waals surface area contributed by atoms with Gasteiger partial charge in [-0.1, -0.05) is 133 Å². The van der Waals surface area contributed by atoms with E-state index >= 15 is 0 Å². The van der Waals surface area contributed by atoms with Crippen LogP contribution in [0.1, 0.15) is 0 Å². The molecule has 13 aromatic rings. The van der Waals surface area contributed by atoms with Gasteiger partial charge in [-0.2, -0.15) is 0 Å². The van der Waals surface area contributed by atoms with Crippen molar-refractivity contribution in [2.75, 3.05) is 0 Å². The van der Waals surface area contributed by atoms with E-state index in [0.29, 0.717) is 0 Å². The highest BCUT2D eigenvalue weighted by atomic mass is 16.3. The van der Waals surface area contributed by atoms with E-state index < -0.39 is 0 Å². The van der Waals surface area contributed by atoms with Crippen molar-refractivity contribution in [3.8, 4) is 22.8 Å². The molecule has 0 spiro atoms. The summed E-state index contributed by atoms with van der Waals surface area (Å²) in [4.78, 5) is 11.0. The smallest absolute Gasteiger partial charge is 0.165 e. The molecule has 5 nitrogen and oxygen atoms in total. The van der Waals surface area contributed by atoms with Gasteiger partial charge in [-0.3, -0.25) is 4.57 Å². The van der Waals surface area contributed by atoms with Crippen LogP contribution in [0.3, 0.4) is 0 Å². The SMILES string of the molecule is c1ccc2c(c1)ccc1c2c2ccc(-n3c4ccccc4c4ccc5ccccc5c43)cc2n1-c1nc2ccccc2nc1-c1cccc2oc3ccccc3c12. The summed E-state index contributed by atoms with van der Waals surface area (Å²) in [5.41, 5.74) is 10.7. The predicted molar refractivity (Wildman–Crippen MR) is 236 cm³/mol. The summed E-state index contributed by atoms with van der Waals surface area (Å²) >= 11 is 0. The molecule has 0 N–H and O–H groups in total. The van der Waals surface area contributed by atoms with Gasteiger partial charge in [0.1, 0.15) is 16.9 Å².